The molecule has 1 aromatic carbocycles. The van der Waals surface area contributed by atoms with Crippen LogP contribution in [0.3, 0.4) is 0 Å². The molecule has 0 bridgehead atoms. The summed E-state index contributed by atoms with van der Waals surface area (Å²) in [7, 11) is 0. The molecule has 0 saturated heterocycles. The van der Waals surface area contributed by atoms with Gasteiger partial charge in [0.2, 0.25) is 0 Å². The molecule has 0 radical (unpaired) electrons. The van der Waals surface area contributed by atoms with Gasteiger partial charge in [0.15, 0.2) is 0 Å². The van der Waals surface area contributed by atoms with Crippen LogP contribution in [-0.4, -0.2) is 0 Å². The van der Waals surface area contributed by atoms with Crippen LogP contribution in [0.25, 0.3) is 0 Å². The zero-order valence-electron chi connectivity index (χ0n) is 10.9. The standard InChI is InChI=1S/C16H24S/c1-2-3-13-4-8-15(9-5-13)16-10-6-14(12-17)7-11-16/h6-7,10-11,13,15,17H,2-5,8-9,12H2,1H3. The second kappa shape index (κ2) is 6.49. The molecule has 0 spiro atoms. The molecule has 1 aromatic rings. The number of rotatable bonds is 4. The Labute approximate surface area is 111 Å². The molecule has 0 nitrogen and oxygen atoms in total. The summed E-state index contributed by atoms with van der Waals surface area (Å²) in [5.41, 5.74) is 2.88. The molecule has 0 unspecified atom stereocenters. The van der Waals surface area contributed by atoms with E-state index in [0.29, 0.717) is 0 Å². The maximum Gasteiger partial charge on any atom is 0.0154 e. The number of benzene rings is 1. The van der Waals surface area contributed by atoms with Gasteiger partial charge < -0.3 is 0 Å². The van der Waals surface area contributed by atoms with E-state index in [1.165, 1.54) is 44.1 Å². The van der Waals surface area contributed by atoms with E-state index >= 15 is 0 Å². The van der Waals surface area contributed by atoms with E-state index in [4.69, 9.17) is 0 Å². The lowest BCUT2D eigenvalue weighted by molar-refractivity contribution is 0.308. The molecule has 0 atom stereocenters. The van der Waals surface area contributed by atoms with Gasteiger partial charge in [-0.25, -0.2) is 0 Å². The van der Waals surface area contributed by atoms with Crippen LogP contribution >= 0.6 is 12.6 Å². The molecular weight excluding hydrogens is 224 g/mol. The first-order chi connectivity index (χ1) is 8.33. The van der Waals surface area contributed by atoms with Crippen LogP contribution in [0.4, 0.5) is 0 Å². The maximum absolute atomic E-state index is 4.31. The minimum absolute atomic E-state index is 0.817. The quantitative estimate of drug-likeness (QED) is 0.696. The van der Waals surface area contributed by atoms with Gasteiger partial charge >= 0.3 is 0 Å². The summed E-state index contributed by atoms with van der Waals surface area (Å²) in [5.74, 6) is 2.67. The van der Waals surface area contributed by atoms with E-state index in [-0.39, 0.29) is 0 Å². The molecule has 1 saturated carbocycles. The lowest BCUT2D eigenvalue weighted by Crippen LogP contribution is -2.13. The molecule has 0 amide bonds. The third kappa shape index (κ3) is 3.51. The summed E-state index contributed by atoms with van der Waals surface area (Å²) in [6.45, 7) is 2.31. The highest BCUT2D eigenvalue weighted by atomic mass is 32.1. The molecule has 17 heavy (non-hydrogen) atoms. The summed E-state index contributed by atoms with van der Waals surface area (Å²) in [6, 6.07) is 9.10. The Morgan fingerprint density at radius 3 is 2.24 bits per heavy atom. The highest BCUT2D eigenvalue weighted by Gasteiger charge is 2.21. The van der Waals surface area contributed by atoms with Gasteiger partial charge in [-0.05, 0) is 48.6 Å². The molecule has 1 heteroatoms. The van der Waals surface area contributed by atoms with Crippen LogP contribution in [0.2, 0.25) is 0 Å². The van der Waals surface area contributed by atoms with Gasteiger partial charge in [0.1, 0.15) is 0 Å². The van der Waals surface area contributed by atoms with E-state index in [1.54, 1.807) is 5.56 Å². The second-order valence-electron chi connectivity index (χ2n) is 5.41. The van der Waals surface area contributed by atoms with E-state index in [2.05, 4.69) is 43.8 Å². The lowest BCUT2D eigenvalue weighted by Gasteiger charge is -2.28. The van der Waals surface area contributed by atoms with Crippen LogP contribution in [-0.2, 0) is 5.75 Å². The summed E-state index contributed by atoms with van der Waals surface area (Å²) < 4.78 is 0. The Balaban J connectivity index is 1.91. The van der Waals surface area contributed by atoms with Crippen LogP contribution in [0.15, 0.2) is 24.3 Å². The fraction of sp³-hybridized carbons (Fsp3) is 0.625. The SMILES string of the molecule is CCCC1CCC(c2ccc(CS)cc2)CC1. The summed E-state index contributed by atoms with van der Waals surface area (Å²) in [4.78, 5) is 0. The first-order valence-corrected chi connectivity index (χ1v) is 7.66. The van der Waals surface area contributed by atoms with Crippen LogP contribution in [0.5, 0.6) is 0 Å². The molecule has 0 heterocycles. The third-order valence-corrected chi connectivity index (χ3v) is 4.54. The van der Waals surface area contributed by atoms with Gasteiger partial charge in [0.25, 0.3) is 0 Å². The van der Waals surface area contributed by atoms with E-state index in [1.807, 2.05) is 0 Å². The minimum Gasteiger partial charge on any atom is -0.175 e. The zero-order valence-corrected chi connectivity index (χ0v) is 11.8. The molecular formula is C16H24S. The molecule has 94 valence electrons. The van der Waals surface area contributed by atoms with Crippen molar-refractivity contribution in [1.29, 1.82) is 0 Å². The summed E-state index contributed by atoms with van der Waals surface area (Å²) in [5, 5.41) is 0. The van der Waals surface area contributed by atoms with Crippen LogP contribution in [0.1, 0.15) is 62.5 Å². The largest absolute Gasteiger partial charge is 0.175 e. The highest BCUT2D eigenvalue weighted by molar-refractivity contribution is 7.79. The second-order valence-corrected chi connectivity index (χ2v) is 5.72. The first kappa shape index (κ1) is 13.0. The first-order valence-electron chi connectivity index (χ1n) is 7.03. The average molecular weight is 248 g/mol. The number of hydrogen-bond acceptors (Lipinski definition) is 1. The molecule has 1 aliphatic carbocycles. The minimum atomic E-state index is 0.817. The van der Waals surface area contributed by atoms with Crippen molar-refractivity contribution in [3.05, 3.63) is 35.4 Å². The Morgan fingerprint density at radius 1 is 1.06 bits per heavy atom. The number of thiol groups is 1. The predicted molar refractivity (Wildman–Crippen MR) is 78.7 cm³/mol. The van der Waals surface area contributed by atoms with Gasteiger partial charge in [-0.3, -0.25) is 0 Å². The van der Waals surface area contributed by atoms with Crippen molar-refractivity contribution in [2.45, 2.75) is 57.1 Å². The van der Waals surface area contributed by atoms with E-state index in [9.17, 15) is 0 Å². The molecule has 1 aliphatic rings. The van der Waals surface area contributed by atoms with Crippen molar-refractivity contribution in [3.8, 4) is 0 Å². The lowest BCUT2D eigenvalue weighted by atomic mass is 9.77. The fourth-order valence-corrected chi connectivity index (χ4v) is 3.30. The van der Waals surface area contributed by atoms with Crippen LogP contribution < -0.4 is 0 Å². The van der Waals surface area contributed by atoms with E-state index in [0.717, 1.165) is 17.6 Å². The Kier molecular flexibility index (Phi) is 4.97. The zero-order chi connectivity index (χ0) is 12.1. The number of hydrogen-bond donors (Lipinski definition) is 1. The van der Waals surface area contributed by atoms with Crippen molar-refractivity contribution in [3.63, 3.8) is 0 Å². The Bertz CT molecular complexity index is 320. The maximum atomic E-state index is 4.31. The monoisotopic (exact) mass is 248 g/mol. The smallest absolute Gasteiger partial charge is 0.0154 e. The molecule has 0 aromatic heterocycles. The van der Waals surface area contributed by atoms with Gasteiger partial charge in [0.05, 0.1) is 0 Å². The average Bonchev–Trinajstić information content (AvgIpc) is 2.40. The third-order valence-electron chi connectivity index (χ3n) is 4.18. The Hall–Kier alpha value is -0.430. The molecule has 0 aliphatic heterocycles. The predicted octanol–water partition coefficient (Wildman–Crippen LogP) is 5.19. The molecule has 2 rings (SSSR count). The van der Waals surface area contributed by atoms with Gasteiger partial charge in [-0.15, -0.1) is 0 Å². The van der Waals surface area contributed by atoms with Crippen molar-refractivity contribution in [1.82, 2.24) is 0 Å². The van der Waals surface area contributed by atoms with Crippen molar-refractivity contribution in [2.75, 3.05) is 0 Å². The normalized spacial score (nSPS) is 24.8. The molecule has 1 fully saturated rings. The highest BCUT2D eigenvalue weighted by Crippen LogP contribution is 2.37. The Morgan fingerprint density at radius 2 is 1.71 bits per heavy atom. The topological polar surface area (TPSA) is 0 Å². The van der Waals surface area contributed by atoms with Gasteiger partial charge in [-0.2, -0.15) is 12.6 Å². The fourth-order valence-electron chi connectivity index (χ4n) is 3.09. The van der Waals surface area contributed by atoms with Gasteiger partial charge in [-0.1, -0.05) is 44.0 Å². The van der Waals surface area contributed by atoms with Crippen molar-refractivity contribution in [2.24, 2.45) is 5.92 Å². The van der Waals surface area contributed by atoms with Crippen molar-refractivity contribution >= 4 is 12.6 Å². The van der Waals surface area contributed by atoms with Crippen molar-refractivity contribution < 1.29 is 0 Å². The van der Waals surface area contributed by atoms with Gasteiger partial charge in [0, 0.05) is 5.75 Å². The summed E-state index contributed by atoms with van der Waals surface area (Å²) >= 11 is 4.31. The molecule has 0 N–H and O–H groups in total. The summed E-state index contributed by atoms with van der Waals surface area (Å²) in [6.07, 6.45) is 8.45. The van der Waals surface area contributed by atoms with Crippen LogP contribution in [0, 0.1) is 5.92 Å². The van der Waals surface area contributed by atoms with E-state index < -0.39 is 0 Å².